The Balaban J connectivity index is 0. The maximum atomic E-state index is 10.5. The van der Waals surface area contributed by atoms with E-state index in [4.69, 9.17) is 25.5 Å². The molecule has 0 heterocycles. The second kappa shape index (κ2) is 13.2. The fourth-order valence-corrected chi connectivity index (χ4v) is 1.18. The smallest absolute Gasteiger partial charge is 0.333 e. The van der Waals surface area contributed by atoms with Crippen molar-refractivity contribution in [3.63, 3.8) is 0 Å². The molecule has 21 heavy (non-hydrogen) atoms. The molecular formula is C11H20O10. The van der Waals surface area contributed by atoms with Crippen molar-refractivity contribution in [1.29, 1.82) is 0 Å². The van der Waals surface area contributed by atoms with Crippen molar-refractivity contribution >= 4 is 17.9 Å². The molecule has 0 rings (SSSR count). The summed E-state index contributed by atoms with van der Waals surface area (Å²) < 4.78 is 9.02. The highest BCUT2D eigenvalue weighted by Crippen LogP contribution is 2.13. The Morgan fingerprint density at radius 2 is 1.43 bits per heavy atom. The van der Waals surface area contributed by atoms with E-state index in [1.165, 1.54) is 0 Å². The highest BCUT2D eigenvalue weighted by Gasteiger charge is 2.35. The SMILES string of the molecule is COC(C(=O)O)C(CC(=O)O)C(=O)O.OCCOCCO. The molecule has 124 valence electrons. The van der Waals surface area contributed by atoms with Crippen LogP contribution in [0.1, 0.15) is 6.42 Å². The molecule has 0 amide bonds. The summed E-state index contributed by atoms with van der Waals surface area (Å²) in [4.78, 5) is 31.3. The van der Waals surface area contributed by atoms with Crippen LogP contribution in [0, 0.1) is 5.92 Å². The van der Waals surface area contributed by atoms with Gasteiger partial charge in [0.2, 0.25) is 0 Å². The monoisotopic (exact) mass is 312 g/mol. The fourth-order valence-electron chi connectivity index (χ4n) is 1.18. The maximum absolute atomic E-state index is 10.5. The predicted molar refractivity (Wildman–Crippen MR) is 66.8 cm³/mol. The highest BCUT2D eigenvalue weighted by atomic mass is 16.5. The summed E-state index contributed by atoms with van der Waals surface area (Å²) in [7, 11) is 1.01. The number of carbonyl (C=O) groups is 3. The van der Waals surface area contributed by atoms with E-state index in [9.17, 15) is 14.4 Å². The summed E-state index contributed by atoms with van der Waals surface area (Å²) >= 11 is 0. The molecule has 0 radical (unpaired) electrons. The van der Waals surface area contributed by atoms with Gasteiger partial charge in [0, 0.05) is 7.11 Å². The van der Waals surface area contributed by atoms with Crippen molar-refractivity contribution in [3.05, 3.63) is 0 Å². The summed E-state index contributed by atoms with van der Waals surface area (Å²) in [5.74, 6) is -5.99. The first-order chi connectivity index (χ1) is 9.81. The zero-order chi connectivity index (χ0) is 16.8. The largest absolute Gasteiger partial charge is 0.481 e. The average molecular weight is 312 g/mol. The third kappa shape index (κ3) is 11.8. The molecule has 0 fully saturated rings. The Hall–Kier alpha value is -1.75. The van der Waals surface area contributed by atoms with Crippen LogP contribution in [0.4, 0.5) is 0 Å². The molecule has 0 aromatic rings. The van der Waals surface area contributed by atoms with Crippen molar-refractivity contribution in [2.45, 2.75) is 12.5 Å². The van der Waals surface area contributed by atoms with Gasteiger partial charge in [-0.05, 0) is 0 Å². The van der Waals surface area contributed by atoms with Gasteiger partial charge in [-0.3, -0.25) is 9.59 Å². The van der Waals surface area contributed by atoms with Crippen LogP contribution in [-0.4, -0.2) is 83.1 Å². The van der Waals surface area contributed by atoms with Gasteiger partial charge < -0.3 is 35.0 Å². The minimum Gasteiger partial charge on any atom is -0.481 e. The Kier molecular flexibility index (Phi) is 13.6. The molecule has 0 aliphatic carbocycles. The average Bonchev–Trinajstić information content (AvgIpc) is 2.39. The fraction of sp³-hybridized carbons (Fsp3) is 0.727. The van der Waals surface area contributed by atoms with Gasteiger partial charge in [0.25, 0.3) is 0 Å². The summed E-state index contributed by atoms with van der Waals surface area (Å²) in [6, 6.07) is 0. The van der Waals surface area contributed by atoms with Crippen LogP contribution in [0.5, 0.6) is 0 Å². The van der Waals surface area contributed by atoms with E-state index in [-0.39, 0.29) is 13.2 Å². The van der Waals surface area contributed by atoms with E-state index in [2.05, 4.69) is 9.47 Å². The van der Waals surface area contributed by atoms with Crippen LogP contribution in [-0.2, 0) is 23.9 Å². The molecule has 0 aliphatic rings. The molecule has 0 spiro atoms. The minimum atomic E-state index is -1.65. The Labute approximate surface area is 120 Å². The van der Waals surface area contributed by atoms with Gasteiger partial charge in [-0.25, -0.2) is 4.79 Å². The lowest BCUT2D eigenvalue weighted by atomic mass is 9.99. The third-order valence-corrected chi connectivity index (χ3v) is 2.05. The van der Waals surface area contributed by atoms with Crippen LogP contribution in [0.25, 0.3) is 0 Å². The second-order valence-corrected chi connectivity index (χ2v) is 3.60. The van der Waals surface area contributed by atoms with Crippen molar-refractivity contribution in [1.82, 2.24) is 0 Å². The van der Waals surface area contributed by atoms with Crippen LogP contribution < -0.4 is 0 Å². The van der Waals surface area contributed by atoms with Gasteiger partial charge in [0.1, 0.15) is 5.92 Å². The van der Waals surface area contributed by atoms with Gasteiger partial charge in [0.05, 0.1) is 32.8 Å². The van der Waals surface area contributed by atoms with E-state index in [0.717, 1.165) is 7.11 Å². The van der Waals surface area contributed by atoms with E-state index in [1.807, 2.05) is 0 Å². The van der Waals surface area contributed by atoms with Gasteiger partial charge in [-0.1, -0.05) is 0 Å². The van der Waals surface area contributed by atoms with E-state index >= 15 is 0 Å². The van der Waals surface area contributed by atoms with Gasteiger partial charge >= 0.3 is 17.9 Å². The number of carboxylic acids is 3. The number of ether oxygens (including phenoxy) is 2. The zero-order valence-electron chi connectivity index (χ0n) is 11.5. The number of aliphatic carboxylic acids is 3. The number of methoxy groups -OCH3 is 1. The minimum absolute atomic E-state index is 0.0278. The molecule has 0 bridgehead atoms. The number of rotatable bonds is 10. The Morgan fingerprint density at radius 1 is 0.952 bits per heavy atom. The van der Waals surface area contributed by atoms with Crippen molar-refractivity contribution < 1.29 is 49.4 Å². The Morgan fingerprint density at radius 3 is 1.67 bits per heavy atom. The number of aliphatic hydroxyl groups excluding tert-OH is 2. The predicted octanol–water partition coefficient (Wildman–Crippen LogP) is -1.75. The van der Waals surface area contributed by atoms with Gasteiger partial charge in [-0.15, -0.1) is 0 Å². The van der Waals surface area contributed by atoms with Gasteiger partial charge in [-0.2, -0.15) is 0 Å². The molecule has 0 aliphatic heterocycles. The molecule has 2 unspecified atom stereocenters. The number of hydrogen-bond acceptors (Lipinski definition) is 7. The Bertz CT molecular complexity index is 312. The first-order valence-corrected chi connectivity index (χ1v) is 5.81. The summed E-state index contributed by atoms with van der Waals surface area (Å²) in [6.07, 6.45) is -2.44. The first-order valence-electron chi connectivity index (χ1n) is 5.81. The third-order valence-electron chi connectivity index (χ3n) is 2.05. The van der Waals surface area contributed by atoms with Crippen LogP contribution in [0.15, 0.2) is 0 Å². The van der Waals surface area contributed by atoms with Crippen LogP contribution >= 0.6 is 0 Å². The molecule has 0 saturated carbocycles. The zero-order valence-corrected chi connectivity index (χ0v) is 11.5. The van der Waals surface area contributed by atoms with Crippen molar-refractivity contribution in [2.24, 2.45) is 5.92 Å². The van der Waals surface area contributed by atoms with Crippen LogP contribution in [0.3, 0.4) is 0 Å². The molecule has 10 nitrogen and oxygen atoms in total. The standard InChI is InChI=1S/C7H10O7.C4H10O3/c1-14-5(7(12)13)3(6(10)11)2-4(8)9;5-1-3-7-4-2-6/h3,5H,2H2,1H3,(H,8,9)(H,10,11)(H,12,13);5-6H,1-4H2. The molecule has 0 aromatic heterocycles. The quantitative estimate of drug-likeness (QED) is 0.291. The second-order valence-electron chi connectivity index (χ2n) is 3.60. The van der Waals surface area contributed by atoms with Crippen molar-refractivity contribution in [3.8, 4) is 0 Å². The van der Waals surface area contributed by atoms with E-state index in [0.29, 0.717) is 13.2 Å². The highest BCUT2D eigenvalue weighted by molar-refractivity contribution is 5.85. The molecule has 0 aromatic carbocycles. The van der Waals surface area contributed by atoms with Crippen molar-refractivity contribution in [2.75, 3.05) is 33.5 Å². The maximum Gasteiger partial charge on any atom is 0.333 e. The lowest BCUT2D eigenvalue weighted by Gasteiger charge is -2.16. The molecule has 10 heteroatoms. The summed E-state index contributed by atoms with van der Waals surface area (Å²) in [5, 5.41) is 41.6. The summed E-state index contributed by atoms with van der Waals surface area (Å²) in [6.45, 7) is 0.696. The molecule has 5 N–H and O–H groups in total. The molecule has 2 atom stereocenters. The first kappa shape index (κ1) is 21.5. The van der Waals surface area contributed by atoms with Gasteiger partial charge in [0.15, 0.2) is 6.10 Å². The number of carboxylic acid groups (broad SMARTS) is 3. The molecular weight excluding hydrogens is 292 g/mol. The lowest BCUT2D eigenvalue weighted by Crippen LogP contribution is -2.37. The number of hydrogen-bond donors (Lipinski definition) is 5. The van der Waals surface area contributed by atoms with E-state index in [1.54, 1.807) is 0 Å². The summed E-state index contributed by atoms with van der Waals surface area (Å²) in [5.41, 5.74) is 0. The number of aliphatic hydroxyl groups is 2. The lowest BCUT2D eigenvalue weighted by molar-refractivity contribution is -0.164. The topological polar surface area (TPSA) is 171 Å². The van der Waals surface area contributed by atoms with Crippen LogP contribution in [0.2, 0.25) is 0 Å². The van der Waals surface area contributed by atoms with E-state index < -0.39 is 36.4 Å². The normalized spacial score (nSPS) is 12.7. The molecule has 0 saturated heterocycles.